The topological polar surface area (TPSA) is 29.5 Å². The summed E-state index contributed by atoms with van der Waals surface area (Å²) in [6.07, 6.45) is -3.16. The van der Waals surface area contributed by atoms with E-state index in [2.05, 4.69) is 0 Å². The fraction of sp³-hybridized carbons (Fsp3) is 0.462. The number of amides is 1. The maximum absolute atomic E-state index is 12.7. The maximum atomic E-state index is 12.7. The van der Waals surface area contributed by atoms with Crippen LogP contribution in [0.15, 0.2) is 24.3 Å². The number of hydrogen-bond acceptors (Lipinski definition) is 2. The second-order valence-corrected chi connectivity index (χ2v) is 4.40. The van der Waals surface area contributed by atoms with E-state index in [1.165, 1.54) is 23.1 Å². The summed E-state index contributed by atoms with van der Waals surface area (Å²) in [5.41, 5.74) is -0.785. The Hall–Kier alpha value is -1.72. The van der Waals surface area contributed by atoms with Crippen LogP contribution in [0.5, 0.6) is 0 Å². The van der Waals surface area contributed by atoms with Gasteiger partial charge in [-0.05, 0) is 18.9 Å². The zero-order chi connectivity index (χ0) is 13.9. The molecular weight excluding hydrogens is 259 g/mol. The quantitative estimate of drug-likeness (QED) is 0.826. The predicted octanol–water partition coefficient (Wildman–Crippen LogP) is 3.44. The first-order valence-corrected chi connectivity index (χ1v) is 6.05. The van der Waals surface area contributed by atoms with Crippen LogP contribution in [0.4, 0.5) is 18.0 Å². The van der Waals surface area contributed by atoms with E-state index in [0.29, 0.717) is 13.1 Å². The molecule has 6 heteroatoms. The monoisotopic (exact) mass is 273 g/mol. The highest BCUT2D eigenvalue weighted by Crippen LogP contribution is 2.32. The van der Waals surface area contributed by atoms with Gasteiger partial charge in [0.1, 0.15) is 6.61 Å². The molecule has 1 aliphatic heterocycles. The van der Waals surface area contributed by atoms with Crippen LogP contribution in [0.3, 0.4) is 0 Å². The number of rotatable bonds is 2. The fourth-order valence-corrected chi connectivity index (χ4v) is 2.05. The summed E-state index contributed by atoms with van der Waals surface area (Å²) in [5.74, 6) is 0. The van der Waals surface area contributed by atoms with Crippen molar-refractivity contribution < 1.29 is 22.7 Å². The lowest BCUT2D eigenvalue weighted by Crippen LogP contribution is -2.28. The molecule has 1 heterocycles. The Balaban J connectivity index is 2.01. The van der Waals surface area contributed by atoms with Crippen molar-refractivity contribution in [2.75, 3.05) is 13.1 Å². The summed E-state index contributed by atoms with van der Waals surface area (Å²) in [6.45, 7) is 0.866. The number of ether oxygens (including phenoxy) is 1. The summed E-state index contributed by atoms with van der Waals surface area (Å²) in [4.78, 5) is 13.1. The van der Waals surface area contributed by atoms with Crippen molar-refractivity contribution in [1.82, 2.24) is 4.90 Å². The van der Waals surface area contributed by atoms with Gasteiger partial charge in [0, 0.05) is 18.7 Å². The van der Waals surface area contributed by atoms with Crippen molar-refractivity contribution in [3.63, 3.8) is 0 Å². The Bertz CT molecular complexity index is 453. The number of carbonyl (C=O) groups excluding carboxylic acids is 1. The van der Waals surface area contributed by atoms with Gasteiger partial charge in [0.05, 0.1) is 5.56 Å². The van der Waals surface area contributed by atoms with Crippen molar-refractivity contribution in [2.24, 2.45) is 0 Å². The molecule has 104 valence electrons. The molecule has 1 amide bonds. The minimum Gasteiger partial charge on any atom is -0.445 e. The molecule has 0 atom stereocenters. The van der Waals surface area contributed by atoms with E-state index in [-0.39, 0.29) is 12.2 Å². The van der Waals surface area contributed by atoms with E-state index < -0.39 is 17.8 Å². The smallest absolute Gasteiger partial charge is 0.416 e. The zero-order valence-electron chi connectivity index (χ0n) is 10.2. The molecule has 0 spiro atoms. The summed E-state index contributed by atoms with van der Waals surface area (Å²) in [7, 11) is 0. The van der Waals surface area contributed by atoms with Crippen molar-refractivity contribution in [3.8, 4) is 0 Å². The molecule has 0 N–H and O–H groups in total. The standard InChI is InChI=1S/C13H14F3NO2/c14-13(15,16)11-6-2-1-5-10(11)9-19-12(18)17-7-3-4-8-17/h1-2,5-6H,3-4,7-9H2. The number of halogens is 3. The molecular formula is C13H14F3NO2. The average molecular weight is 273 g/mol. The highest BCUT2D eigenvalue weighted by molar-refractivity contribution is 5.67. The summed E-state index contributed by atoms with van der Waals surface area (Å²) < 4.78 is 43.1. The number of carbonyl (C=O) groups is 1. The Morgan fingerprint density at radius 1 is 1.21 bits per heavy atom. The van der Waals surface area contributed by atoms with E-state index in [4.69, 9.17) is 4.74 Å². The summed E-state index contributed by atoms with van der Waals surface area (Å²) in [5, 5.41) is 0. The molecule has 0 saturated carbocycles. The first-order chi connectivity index (χ1) is 8.98. The van der Waals surface area contributed by atoms with Crippen LogP contribution in [-0.4, -0.2) is 24.1 Å². The van der Waals surface area contributed by atoms with Gasteiger partial charge in [-0.25, -0.2) is 4.79 Å². The first kappa shape index (κ1) is 13.7. The van der Waals surface area contributed by atoms with Crippen LogP contribution >= 0.6 is 0 Å². The molecule has 19 heavy (non-hydrogen) atoms. The van der Waals surface area contributed by atoms with Crippen molar-refractivity contribution in [2.45, 2.75) is 25.6 Å². The van der Waals surface area contributed by atoms with Crippen LogP contribution < -0.4 is 0 Å². The summed E-state index contributed by atoms with van der Waals surface area (Å²) >= 11 is 0. The van der Waals surface area contributed by atoms with Gasteiger partial charge < -0.3 is 9.64 Å². The lowest BCUT2D eigenvalue weighted by molar-refractivity contribution is -0.138. The minimum atomic E-state index is -4.43. The van der Waals surface area contributed by atoms with Crippen LogP contribution in [0, 0.1) is 0 Å². The normalized spacial score (nSPS) is 15.6. The van der Waals surface area contributed by atoms with Crippen LogP contribution in [0.25, 0.3) is 0 Å². The Labute approximate surface area is 109 Å². The van der Waals surface area contributed by atoms with E-state index in [0.717, 1.165) is 18.9 Å². The van der Waals surface area contributed by atoms with Crippen molar-refractivity contribution >= 4 is 6.09 Å². The molecule has 1 aliphatic rings. The number of nitrogens with zero attached hydrogens (tertiary/aromatic N) is 1. The van der Waals surface area contributed by atoms with E-state index >= 15 is 0 Å². The van der Waals surface area contributed by atoms with E-state index in [1.54, 1.807) is 0 Å². The largest absolute Gasteiger partial charge is 0.445 e. The molecule has 0 bridgehead atoms. The number of alkyl halides is 3. The molecule has 1 aromatic rings. The second kappa shape index (κ2) is 5.50. The third-order valence-corrected chi connectivity index (χ3v) is 3.04. The molecule has 0 radical (unpaired) electrons. The van der Waals surface area contributed by atoms with Crippen LogP contribution in [0.2, 0.25) is 0 Å². The molecule has 0 aliphatic carbocycles. The number of likely N-dealkylation sites (tertiary alicyclic amines) is 1. The van der Waals surface area contributed by atoms with Gasteiger partial charge in [-0.2, -0.15) is 13.2 Å². The molecule has 0 unspecified atom stereocenters. The van der Waals surface area contributed by atoms with Gasteiger partial charge in [0.2, 0.25) is 0 Å². The maximum Gasteiger partial charge on any atom is 0.416 e. The first-order valence-electron chi connectivity index (χ1n) is 6.05. The van der Waals surface area contributed by atoms with Crippen LogP contribution in [0.1, 0.15) is 24.0 Å². The van der Waals surface area contributed by atoms with E-state index in [1.807, 2.05) is 0 Å². The van der Waals surface area contributed by atoms with Gasteiger partial charge in [0.15, 0.2) is 0 Å². The van der Waals surface area contributed by atoms with Gasteiger partial charge >= 0.3 is 12.3 Å². The average Bonchev–Trinajstić information content (AvgIpc) is 2.89. The Morgan fingerprint density at radius 2 is 1.84 bits per heavy atom. The third kappa shape index (κ3) is 3.39. The molecule has 1 fully saturated rings. The van der Waals surface area contributed by atoms with Crippen molar-refractivity contribution in [3.05, 3.63) is 35.4 Å². The van der Waals surface area contributed by atoms with Gasteiger partial charge in [0.25, 0.3) is 0 Å². The molecule has 2 rings (SSSR count). The van der Waals surface area contributed by atoms with Crippen molar-refractivity contribution in [1.29, 1.82) is 0 Å². The second-order valence-electron chi connectivity index (χ2n) is 4.40. The molecule has 1 saturated heterocycles. The third-order valence-electron chi connectivity index (χ3n) is 3.04. The number of benzene rings is 1. The molecule has 3 nitrogen and oxygen atoms in total. The summed E-state index contributed by atoms with van der Waals surface area (Å²) in [6, 6.07) is 5.11. The molecule has 0 aromatic heterocycles. The Morgan fingerprint density at radius 3 is 2.47 bits per heavy atom. The van der Waals surface area contributed by atoms with Gasteiger partial charge in [-0.3, -0.25) is 0 Å². The molecule has 1 aromatic carbocycles. The predicted molar refractivity (Wildman–Crippen MR) is 62.4 cm³/mol. The minimum absolute atomic E-state index is 0.0254. The highest BCUT2D eigenvalue weighted by atomic mass is 19.4. The van der Waals surface area contributed by atoms with Gasteiger partial charge in [-0.15, -0.1) is 0 Å². The van der Waals surface area contributed by atoms with E-state index in [9.17, 15) is 18.0 Å². The Kier molecular flexibility index (Phi) is 3.97. The SMILES string of the molecule is O=C(OCc1ccccc1C(F)(F)F)N1CCCC1. The zero-order valence-corrected chi connectivity index (χ0v) is 10.2. The van der Waals surface area contributed by atoms with Gasteiger partial charge in [-0.1, -0.05) is 18.2 Å². The van der Waals surface area contributed by atoms with Crippen LogP contribution in [-0.2, 0) is 17.5 Å². The lowest BCUT2D eigenvalue weighted by Gasteiger charge is -2.17. The lowest BCUT2D eigenvalue weighted by atomic mass is 10.1. The number of hydrogen-bond donors (Lipinski definition) is 0. The fourth-order valence-electron chi connectivity index (χ4n) is 2.05. The highest BCUT2D eigenvalue weighted by Gasteiger charge is 2.33.